The van der Waals surface area contributed by atoms with Gasteiger partial charge in [0.05, 0.1) is 18.1 Å². The van der Waals surface area contributed by atoms with Crippen molar-refractivity contribution in [1.82, 2.24) is 30.3 Å². The normalized spacial score (nSPS) is 23.5. The van der Waals surface area contributed by atoms with Crippen LogP contribution in [0.5, 0.6) is 0 Å². The minimum absolute atomic E-state index is 0.0954. The highest BCUT2D eigenvalue weighted by Gasteiger charge is 2.47. The predicted octanol–water partition coefficient (Wildman–Crippen LogP) is 0.208. The van der Waals surface area contributed by atoms with Crippen molar-refractivity contribution in [3.63, 3.8) is 0 Å². The van der Waals surface area contributed by atoms with E-state index in [2.05, 4.69) is 44.8 Å². The zero-order valence-electron chi connectivity index (χ0n) is 19.1. The number of aliphatic hydroxyl groups is 2. The smallest absolute Gasteiger partial charge is 0.239 e. The number of amides is 2. The molecule has 0 saturated heterocycles. The van der Waals surface area contributed by atoms with E-state index >= 15 is 0 Å². The van der Waals surface area contributed by atoms with E-state index in [1.54, 1.807) is 0 Å². The number of rotatable bonds is 11. The number of carbonyl (C=O) groups excluding carboxylic acids is 2. The molecular formula is C20H32N8O4S. The van der Waals surface area contributed by atoms with Gasteiger partial charge in [0, 0.05) is 12.3 Å². The maximum atomic E-state index is 12.6. The molecule has 2 aromatic heterocycles. The van der Waals surface area contributed by atoms with Crippen molar-refractivity contribution in [2.45, 2.75) is 75.9 Å². The van der Waals surface area contributed by atoms with Gasteiger partial charge in [0.2, 0.25) is 11.8 Å². The van der Waals surface area contributed by atoms with E-state index < -0.39 is 42.0 Å². The third kappa shape index (κ3) is 5.53. The molecule has 0 spiro atoms. The fraction of sp³-hybridized carbons (Fsp3) is 0.700. The number of hydrogen-bond acceptors (Lipinski definition) is 10. The summed E-state index contributed by atoms with van der Waals surface area (Å²) < 4.78 is 1.46. The Morgan fingerprint density at radius 3 is 2.67 bits per heavy atom. The van der Waals surface area contributed by atoms with Gasteiger partial charge in [-0.1, -0.05) is 37.2 Å². The summed E-state index contributed by atoms with van der Waals surface area (Å²) >= 11 is 1.51. The van der Waals surface area contributed by atoms with Crippen molar-refractivity contribution < 1.29 is 19.8 Å². The number of aliphatic hydroxyl groups excluding tert-OH is 2. The number of fused-ring (bicyclic) bond motifs is 1. The number of nitrogens with two attached hydrogens (primary N) is 1. The maximum absolute atomic E-state index is 12.6. The van der Waals surface area contributed by atoms with E-state index in [4.69, 9.17) is 5.73 Å². The van der Waals surface area contributed by atoms with Crippen LogP contribution in [-0.2, 0) is 9.59 Å². The van der Waals surface area contributed by atoms with Gasteiger partial charge in [0.15, 0.2) is 22.1 Å². The Morgan fingerprint density at radius 2 is 2.00 bits per heavy atom. The fourth-order valence-corrected chi connectivity index (χ4v) is 4.39. The van der Waals surface area contributed by atoms with Crippen LogP contribution in [0.4, 0.5) is 5.82 Å². The minimum atomic E-state index is -1.34. The number of unbranched alkanes of at least 4 members (excludes halogenated alkanes) is 1. The Labute approximate surface area is 196 Å². The van der Waals surface area contributed by atoms with Crippen LogP contribution in [0.25, 0.3) is 11.2 Å². The number of nitrogens with zero attached hydrogens (tertiary/aromatic N) is 5. The lowest BCUT2D eigenvalue weighted by molar-refractivity contribution is -0.132. The molecule has 0 aromatic carbocycles. The molecule has 182 valence electrons. The molecule has 0 radical (unpaired) electrons. The molecule has 6 N–H and O–H groups in total. The molecule has 33 heavy (non-hydrogen) atoms. The lowest BCUT2D eigenvalue weighted by Gasteiger charge is -2.18. The Balaban J connectivity index is 1.91. The van der Waals surface area contributed by atoms with Crippen LogP contribution in [0, 0.1) is 5.92 Å². The highest BCUT2D eigenvalue weighted by molar-refractivity contribution is 7.99. The average Bonchev–Trinajstić information content (AvgIpc) is 3.33. The van der Waals surface area contributed by atoms with Gasteiger partial charge in [-0.05, 0) is 26.2 Å². The second-order valence-electron chi connectivity index (χ2n) is 8.21. The van der Waals surface area contributed by atoms with E-state index in [9.17, 15) is 19.8 Å². The monoisotopic (exact) mass is 480 g/mol. The lowest BCUT2D eigenvalue weighted by atomic mass is 10.0. The molecule has 2 heterocycles. The molecule has 13 heteroatoms. The van der Waals surface area contributed by atoms with Crippen LogP contribution in [0.2, 0.25) is 0 Å². The van der Waals surface area contributed by atoms with Gasteiger partial charge < -0.3 is 26.6 Å². The van der Waals surface area contributed by atoms with Gasteiger partial charge in [0.25, 0.3) is 0 Å². The second-order valence-corrected chi connectivity index (χ2v) is 9.28. The summed E-state index contributed by atoms with van der Waals surface area (Å²) in [5, 5.41) is 36.0. The third-order valence-corrected chi connectivity index (χ3v) is 6.70. The van der Waals surface area contributed by atoms with Gasteiger partial charge >= 0.3 is 0 Å². The van der Waals surface area contributed by atoms with E-state index in [0.717, 1.165) is 31.6 Å². The molecular weight excluding hydrogens is 448 g/mol. The van der Waals surface area contributed by atoms with Gasteiger partial charge in [-0.2, -0.15) is 0 Å². The number of primary amides is 1. The molecule has 0 aliphatic heterocycles. The average molecular weight is 481 g/mol. The molecule has 2 aromatic rings. The molecule has 12 nitrogen and oxygen atoms in total. The molecule has 2 amide bonds. The molecule has 1 aliphatic rings. The SMILES string of the molecule is CCCCNc1nc(SCCC)nc2c1nnn2[C@@H]1C[C@H](C(=O)NC(C)C(N)=O)[C@@H](O)[C@H]1O. The van der Waals surface area contributed by atoms with Gasteiger partial charge in [-0.3, -0.25) is 9.59 Å². The first-order chi connectivity index (χ1) is 15.8. The first-order valence-corrected chi connectivity index (χ1v) is 12.2. The fourth-order valence-electron chi connectivity index (χ4n) is 3.70. The van der Waals surface area contributed by atoms with Crippen LogP contribution >= 0.6 is 11.8 Å². The Morgan fingerprint density at radius 1 is 1.24 bits per heavy atom. The molecule has 5 atom stereocenters. The highest BCUT2D eigenvalue weighted by Crippen LogP contribution is 2.37. The Bertz CT molecular complexity index is 986. The quantitative estimate of drug-likeness (QED) is 0.169. The summed E-state index contributed by atoms with van der Waals surface area (Å²) in [6.07, 6.45) is 0.425. The van der Waals surface area contributed by atoms with E-state index in [1.165, 1.54) is 23.4 Å². The number of aromatic nitrogens is 5. The summed E-state index contributed by atoms with van der Waals surface area (Å²) in [6, 6.07) is -1.62. The van der Waals surface area contributed by atoms with Crippen molar-refractivity contribution in [3.05, 3.63) is 0 Å². The highest BCUT2D eigenvalue weighted by atomic mass is 32.2. The van der Waals surface area contributed by atoms with Crippen LogP contribution in [0.1, 0.15) is 52.5 Å². The Hall–Kier alpha value is -2.51. The second kappa shape index (κ2) is 11.1. The van der Waals surface area contributed by atoms with Crippen molar-refractivity contribution in [1.29, 1.82) is 0 Å². The largest absolute Gasteiger partial charge is 0.390 e. The molecule has 1 fully saturated rings. The first-order valence-electron chi connectivity index (χ1n) is 11.2. The Kier molecular flexibility index (Phi) is 8.43. The topological polar surface area (TPSA) is 181 Å². The maximum Gasteiger partial charge on any atom is 0.239 e. The molecule has 1 saturated carbocycles. The number of anilines is 1. The predicted molar refractivity (Wildman–Crippen MR) is 123 cm³/mol. The van der Waals surface area contributed by atoms with Crippen LogP contribution in [-0.4, -0.2) is 77.5 Å². The zero-order chi connectivity index (χ0) is 24.1. The number of nitrogens with one attached hydrogen (secondary N) is 2. The van der Waals surface area contributed by atoms with E-state index in [0.29, 0.717) is 22.1 Å². The van der Waals surface area contributed by atoms with E-state index in [-0.39, 0.29) is 6.42 Å². The first kappa shape index (κ1) is 25.1. The number of carbonyl (C=O) groups is 2. The zero-order valence-corrected chi connectivity index (χ0v) is 19.9. The van der Waals surface area contributed by atoms with Crippen LogP contribution < -0.4 is 16.4 Å². The lowest BCUT2D eigenvalue weighted by Crippen LogP contribution is -2.46. The van der Waals surface area contributed by atoms with Gasteiger partial charge in [-0.15, -0.1) is 5.10 Å². The van der Waals surface area contributed by atoms with Crippen molar-refractivity contribution >= 4 is 40.6 Å². The van der Waals surface area contributed by atoms with Gasteiger partial charge in [0.1, 0.15) is 12.1 Å². The van der Waals surface area contributed by atoms with Crippen molar-refractivity contribution in [3.8, 4) is 0 Å². The standard InChI is InChI=1S/C20H32N8O4S/c1-4-6-7-22-17-13-18(25-20(24-17)33-8-5-2)28(27-26-13)12-9-11(14(29)15(12)30)19(32)23-10(3)16(21)31/h10-12,14-15,29-30H,4-9H2,1-3H3,(H2,21,31)(H,23,32)(H,22,24,25)/t10?,11-,12+,14+,15-/m0/s1. The molecule has 1 unspecified atom stereocenters. The minimum Gasteiger partial charge on any atom is -0.390 e. The summed E-state index contributed by atoms with van der Waals surface area (Å²) in [4.78, 5) is 33.1. The number of hydrogen-bond donors (Lipinski definition) is 5. The van der Waals surface area contributed by atoms with Gasteiger partial charge in [-0.25, -0.2) is 14.6 Å². The van der Waals surface area contributed by atoms with Crippen LogP contribution in [0.3, 0.4) is 0 Å². The molecule has 3 rings (SSSR count). The number of thioether (sulfide) groups is 1. The van der Waals surface area contributed by atoms with Crippen molar-refractivity contribution in [2.24, 2.45) is 11.7 Å². The summed E-state index contributed by atoms with van der Waals surface area (Å²) in [5.74, 6) is -0.783. The van der Waals surface area contributed by atoms with E-state index in [1.807, 2.05) is 0 Å². The summed E-state index contributed by atoms with van der Waals surface area (Å²) in [5.41, 5.74) is 6.09. The summed E-state index contributed by atoms with van der Waals surface area (Å²) in [7, 11) is 0. The third-order valence-electron chi connectivity index (χ3n) is 5.65. The van der Waals surface area contributed by atoms with Crippen molar-refractivity contribution in [2.75, 3.05) is 17.6 Å². The molecule has 1 aliphatic carbocycles. The summed E-state index contributed by atoms with van der Waals surface area (Å²) in [6.45, 7) is 6.34. The molecule has 0 bridgehead atoms. The van der Waals surface area contributed by atoms with Crippen LogP contribution in [0.15, 0.2) is 5.16 Å².